The SMILES string of the molecule is Oc1cc(-c2ccccc2)c(O[P@@](=S)(c2ccccc2)c2cccc3ccccc23)cc1-c1ccccc1. The lowest BCUT2D eigenvalue weighted by Gasteiger charge is -2.27. The van der Waals surface area contributed by atoms with Gasteiger partial charge in [-0.1, -0.05) is 127 Å². The maximum atomic E-state index is 11.1. The van der Waals surface area contributed by atoms with Gasteiger partial charge in [0.2, 0.25) is 0 Å². The molecule has 0 aliphatic carbocycles. The third-order valence-corrected chi connectivity index (χ3v) is 10.6. The molecule has 1 atom stereocenters. The van der Waals surface area contributed by atoms with Gasteiger partial charge in [-0.05, 0) is 51.9 Å². The minimum Gasteiger partial charge on any atom is -0.507 e. The van der Waals surface area contributed by atoms with E-state index in [1.54, 1.807) is 6.07 Å². The summed E-state index contributed by atoms with van der Waals surface area (Å²) in [5.74, 6) is 0.841. The molecule has 2 nitrogen and oxygen atoms in total. The molecule has 0 spiro atoms. The van der Waals surface area contributed by atoms with Crippen molar-refractivity contribution in [2.45, 2.75) is 0 Å². The van der Waals surface area contributed by atoms with E-state index in [2.05, 4.69) is 42.5 Å². The maximum absolute atomic E-state index is 11.1. The number of hydrogen-bond donors (Lipinski definition) is 1. The Morgan fingerprint density at radius 2 is 1.11 bits per heavy atom. The zero-order valence-corrected chi connectivity index (χ0v) is 22.3. The van der Waals surface area contributed by atoms with Gasteiger partial charge < -0.3 is 9.63 Å². The van der Waals surface area contributed by atoms with Crippen molar-refractivity contribution in [3.63, 3.8) is 0 Å². The van der Waals surface area contributed by atoms with E-state index in [4.69, 9.17) is 16.3 Å². The second-order valence-electron chi connectivity index (χ2n) is 9.07. The van der Waals surface area contributed by atoms with Crippen LogP contribution in [-0.2, 0) is 11.8 Å². The van der Waals surface area contributed by atoms with Crippen molar-refractivity contribution in [2.75, 3.05) is 0 Å². The molecule has 0 fully saturated rings. The number of rotatable bonds is 6. The van der Waals surface area contributed by atoms with E-state index in [0.717, 1.165) is 38.1 Å². The molecule has 0 amide bonds. The number of phenolic OH excluding ortho intramolecular Hbond substituents is 1. The summed E-state index contributed by atoms with van der Waals surface area (Å²) in [6.07, 6.45) is -2.81. The Morgan fingerprint density at radius 3 is 1.79 bits per heavy atom. The van der Waals surface area contributed by atoms with Gasteiger partial charge in [-0.3, -0.25) is 0 Å². The monoisotopic (exact) mass is 528 g/mol. The Kier molecular flexibility index (Phi) is 6.55. The van der Waals surface area contributed by atoms with Gasteiger partial charge in [0.15, 0.2) is 6.26 Å². The number of aromatic hydroxyl groups is 1. The molecule has 6 aromatic rings. The summed E-state index contributed by atoms with van der Waals surface area (Å²) in [6, 6.07) is 48.3. The third-order valence-electron chi connectivity index (χ3n) is 6.67. The summed E-state index contributed by atoms with van der Waals surface area (Å²) in [6.45, 7) is 0. The van der Waals surface area contributed by atoms with Crippen LogP contribution in [0.25, 0.3) is 33.0 Å². The fraction of sp³-hybridized carbons (Fsp3) is 0. The summed E-state index contributed by atoms with van der Waals surface area (Å²) < 4.78 is 7.10. The average Bonchev–Trinajstić information content (AvgIpc) is 2.99. The number of benzene rings is 6. The van der Waals surface area contributed by atoms with E-state index in [1.807, 2.05) is 97.1 Å². The molecule has 0 aliphatic rings. The lowest BCUT2D eigenvalue weighted by atomic mass is 9.98. The largest absolute Gasteiger partial charge is 0.507 e. The van der Waals surface area contributed by atoms with Crippen LogP contribution in [0.1, 0.15) is 0 Å². The highest BCUT2D eigenvalue weighted by atomic mass is 32.4. The zero-order chi connectivity index (χ0) is 26.0. The third kappa shape index (κ3) is 4.52. The summed E-state index contributed by atoms with van der Waals surface area (Å²) in [7, 11) is 0. The van der Waals surface area contributed by atoms with Gasteiger partial charge in [0, 0.05) is 21.7 Å². The van der Waals surface area contributed by atoms with Crippen LogP contribution < -0.4 is 15.1 Å². The fourth-order valence-corrected chi connectivity index (χ4v) is 8.17. The lowest BCUT2D eigenvalue weighted by molar-refractivity contribution is 0.476. The Morgan fingerprint density at radius 1 is 0.553 bits per heavy atom. The first-order chi connectivity index (χ1) is 18.6. The van der Waals surface area contributed by atoms with E-state index in [9.17, 15) is 5.11 Å². The van der Waals surface area contributed by atoms with E-state index >= 15 is 0 Å². The van der Waals surface area contributed by atoms with E-state index < -0.39 is 6.26 Å². The highest BCUT2D eigenvalue weighted by Gasteiger charge is 2.29. The van der Waals surface area contributed by atoms with Crippen LogP contribution in [0.4, 0.5) is 0 Å². The maximum Gasteiger partial charge on any atom is 0.171 e. The molecule has 0 saturated heterocycles. The van der Waals surface area contributed by atoms with Gasteiger partial charge >= 0.3 is 0 Å². The smallest absolute Gasteiger partial charge is 0.171 e. The topological polar surface area (TPSA) is 29.5 Å². The van der Waals surface area contributed by atoms with Gasteiger partial charge in [0.25, 0.3) is 0 Å². The standard InChI is InChI=1S/C34H25O2PS/c35-32-23-31(27-15-6-2-7-16-27)33(24-30(32)26-13-4-1-5-14-26)36-37(38,28-19-8-3-9-20-28)34-22-12-18-25-17-10-11-21-29(25)34/h1-24,35H/t37-/m1/s1. The first-order valence-electron chi connectivity index (χ1n) is 12.4. The Labute approximate surface area is 227 Å². The summed E-state index contributed by atoms with van der Waals surface area (Å²) in [5.41, 5.74) is 3.36. The number of hydrogen-bond acceptors (Lipinski definition) is 3. The van der Waals surface area contributed by atoms with E-state index in [0.29, 0.717) is 11.3 Å². The molecule has 1 N–H and O–H groups in total. The van der Waals surface area contributed by atoms with Gasteiger partial charge in [0.1, 0.15) is 11.5 Å². The lowest BCUT2D eigenvalue weighted by Crippen LogP contribution is -2.21. The van der Waals surface area contributed by atoms with Crippen molar-refractivity contribution >= 4 is 39.5 Å². The van der Waals surface area contributed by atoms with Crippen LogP contribution in [0, 0.1) is 0 Å². The summed E-state index contributed by atoms with van der Waals surface area (Å²) in [5, 5.41) is 15.3. The molecule has 38 heavy (non-hydrogen) atoms. The van der Waals surface area contributed by atoms with Gasteiger partial charge in [-0.2, -0.15) is 0 Å². The summed E-state index contributed by atoms with van der Waals surface area (Å²) in [4.78, 5) is 0. The van der Waals surface area contributed by atoms with Crippen LogP contribution in [0.5, 0.6) is 11.5 Å². The highest BCUT2D eigenvalue weighted by Crippen LogP contribution is 2.51. The number of phenols is 1. The molecule has 0 aliphatic heterocycles. The minimum atomic E-state index is -2.81. The van der Waals surface area contributed by atoms with Crippen LogP contribution in [0.15, 0.2) is 146 Å². The van der Waals surface area contributed by atoms with Crippen molar-refractivity contribution in [1.29, 1.82) is 0 Å². The first kappa shape index (κ1) is 24.2. The van der Waals surface area contributed by atoms with E-state index in [1.165, 1.54) is 0 Å². The molecule has 6 aromatic carbocycles. The van der Waals surface area contributed by atoms with Crippen molar-refractivity contribution in [3.8, 4) is 33.8 Å². The normalized spacial score (nSPS) is 12.6. The highest BCUT2D eigenvalue weighted by molar-refractivity contribution is 8.19. The second-order valence-corrected chi connectivity index (χ2v) is 12.9. The molecular weight excluding hydrogens is 503 g/mol. The molecule has 6 rings (SSSR count). The van der Waals surface area contributed by atoms with Crippen molar-refractivity contribution < 1.29 is 9.63 Å². The van der Waals surface area contributed by atoms with Crippen LogP contribution in [0.3, 0.4) is 0 Å². The van der Waals surface area contributed by atoms with Crippen LogP contribution in [0.2, 0.25) is 0 Å². The van der Waals surface area contributed by atoms with E-state index in [-0.39, 0.29) is 5.75 Å². The molecule has 0 radical (unpaired) electrons. The Hall–Kier alpha value is -4.17. The fourth-order valence-electron chi connectivity index (χ4n) is 4.80. The molecular formula is C34H25O2PS. The Bertz CT molecular complexity index is 1760. The zero-order valence-electron chi connectivity index (χ0n) is 20.6. The average molecular weight is 529 g/mol. The van der Waals surface area contributed by atoms with Crippen LogP contribution >= 0.6 is 6.26 Å². The van der Waals surface area contributed by atoms with Gasteiger partial charge in [-0.15, -0.1) is 0 Å². The Balaban J connectivity index is 1.61. The second kappa shape index (κ2) is 10.3. The molecule has 4 heteroatoms. The molecule has 0 bridgehead atoms. The minimum absolute atomic E-state index is 0.195. The molecule has 0 unspecified atom stereocenters. The van der Waals surface area contributed by atoms with Crippen molar-refractivity contribution in [2.24, 2.45) is 0 Å². The van der Waals surface area contributed by atoms with Crippen molar-refractivity contribution in [1.82, 2.24) is 0 Å². The predicted molar refractivity (Wildman–Crippen MR) is 164 cm³/mol. The molecule has 0 aromatic heterocycles. The predicted octanol–water partition coefficient (Wildman–Crippen LogP) is 8.30. The quantitative estimate of drug-likeness (QED) is 0.221. The molecule has 0 heterocycles. The first-order valence-corrected chi connectivity index (χ1v) is 15.2. The summed E-state index contributed by atoms with van der Waals surface area (Å²) >= 11 is 6.57. The number of fused-ring (bicyclic) bond motifs is 1. The molecule has 0 saturated carbocycles. The van der Waals surface area contributed by atoms with Crippen molar-refractivity contribution in [3.05, 3.63) is 146 Å². The van der Waals surface area contributed by atoms with Crippen LogP contribution in [-0.4, -0.2) is 5.11 Å². The van der Waals surface area contributed by atoms with Gasteiger partial charge in [-0.25, -0.2) is 0 Å². The van der Waals surface area contributed by atoms with Gasteiger partial charge in [0.05, 0.1) is 0 Å². The molecule has 184 valence electrons.